The minimum atomic E-state index is -4.36. The fourth-order valence-electron chi connectivity index (χ4n) is 0.665. The van der Waals surface area contributed by atoms with Crippen molar-refractivity contribution in [1.29, 1.82) is 0 Å². The van der Waals surface area contributed by atoms with Crippen LogP contribution in [-0.2, 0) is 0 Å². The van der Waals surface area contributed by atoms with Crippen molar-refractivity contribution in [2.24, 2.45) is 0 Å². The Morgan fingerprint density at radius 1 is 1.50 bits per heavy atom. The van der Waals surface area contributed by atoms with E-state index in [0.29, 0.717) is 3.70 Å². The second-order valence-corrected chi connectivity index (χ2v) is 3.80. The van der Waals surface area contributed by atoms with Gasteiger partial charge in [-0.05, 0) is 22.6 Å². The summed E-state index contributed by atoms with van der Waals surface area (Å²) in [4.78, 5) is 3.74. The van der Waals surface area contributed by atoms with E-state index in [2.05, 4.69) is 9.72 Å². The lowest BCUT2D eigenvalue weighted by Crippen LogP contribution is -2.19. The minimum absolute atomic E-state index is 0.0374. The first kappa shape index (κ1) is 11.8. The molecule has 0 fully saturated rings. The molecule has 0 saturated heterocycles. The molecule has 14 heavy (non-hydrogen) atoms. The van der Waals surface area contributed by atoms with Crippen molar-refractivity contribution in [2.45, 2.75) is 6.18 Å². The summed E-state index contributed by atoms with van der Waals surface area (Å²) in [5.41, 5.74) is 0. The van der Waals surface area contributed by atoms with E-state index < -0.39 is 12.8 Å². The monoisotopic (exact) mass is 337 g/mol. The lowest BCUT2D eigenvalue weighted by Gasteiger charge is -2.09. The molecule has 0 atom stereocenters. The van der Waals surface area contributed by atoms with Crippen LogP contribution in [0.25, 0.3) is 0 Å². The molecule has 78 valence electrons. The summed E-state index contributed by atoms with van der Waals surface area (Å²) < 4.78 is 40.2. The smallest absolute Gasteiger partial charge is 0.422 e. The second kappa shape index (κ2) is 4.52. The Labute approximate surface area is 96.6 Å². The standard InChI is InChI=1S/C7H4ClF3INO/c8-4-1-5(6(12)13-2-4)14-3-7(9,10)11/h1-2H,3H2. The van der Waals surface area contributed by atoms with E-state index in [1.165, 1.54) is 12.3 Å². The van der Waals surface area contributed by atoms with Crippen molar-refractivity contribution < 1.29 is 17.9 Å². The maximum atomic E-state index is 11.8. The van der Waals surface area contributed by atoms with Gasteiger partial charge in [0, 0.05) is 12.3 Å². The lowest BCUT2D eigenvalue weighted by atomic mass is 10.4. The van der Waals surface area contributed by atoms with E-state index in [0.717, 1.165) is 0 Å². The maximum Gasteiger partial charge on any atom is 0.422 e. The lowest BCUT2D eigenvalue weighted by molar-refractivity contribution is -0.153. The quantitative estimate of drug-likeness (QED) is 0.610. The van der Waals surface area contributed by atoms with Crippen molar-refractivity contribution in [1.82, 2.24) is 4.98 Å². The Bertz CT molecular complexity index is 331. The van der Waals surface area contributed by atoms with Crippen LogP contribution in [0.1, 0.15) is 0 Å². The average Bonchev–Trinajstić information content (AvgIpc) is 2.05. The Hall–Kier alpha value is -0.240. The Kier molecular flexibility index (Phi) is 3.82. The van der Waals surface area contributed by atoms with E-state index in [1.807, 2.05) is 0 Å². The molecule has 0 unspecified atom stereocenters. The first-order chi connectivity index (χ1) is 6.38. The van der Waals surface area contributed by atoms with Crippen LogP contribution in [-0.4, -0.2) is 17.8 Å². The fraction of sp³-hybridized carbons (Fsp3) is 0.286. The van der Waals surface area contributed by atoms with Gasteiger partial charge in [-0.25, -0.2) is 4.98 Å². The maximum absolute atomic E-state index is 11.8. The molecule has 1 aromatic heterocycles. The number of hydrogen-bond acceptors (Lipinski definition) is 2. The number of halogens is 5. The van der Waals surface area contributed by atoms with Gasteiger partial charge in [-0.15, -0.1) is 0 Å². The van der Waals surface area contributed by atoms with Gasteiger partial charge in [0.25, 0.3) is 0 Å². The molecular weight excluding hydrogens is 333 g/mol. The van der Waals surface area contributed by atoms with Crippen LogP contribution in [0.4, 0.5) is 13.2 Å². The van der Waals surface area contributed by atoms with Crippen molar-refractivity contribution in [3.05, 3.63) is 21.0 Å². The number of pyridine rings is 1. The van der Waals surface area contributed by atoms with E-state index in [4.69, 9.17) is 11.6 Å². The zero-order valence-corrected chi connectivity index (χ0v) is 9.52. The normalized spacial score (nSPS) is 11.5. The molecular formula is C7H4ClF3INO. The molecule has 1 rings (SSSR count). The molecule has 7 heteroatoms. The van der Waals surface area contributed by atoms with Gasteiger partial charge in [-0.1, -0.05) is 11.6 Å². The first-order valence-electron chi connectivity index (χ1n) is 3.39. The molecule has 2 nitrogen and oxygen atoms in total. The Balaban J connectivity index is 2.72. The molecule has 0 aliphatic carbocycles. The molecule has 0 aromatic carbocycles. The van der Waals surface area contributed by atoms with Crippen LogP contribution >= 0.6 is 34.2 Å². The second-order valence-electron chi connectivity index (χ2n) is 2.35. The van der Waals surface area contributed by atoms with Crippen LogP contribution in [0, 0.1) is 3.70 Å². The molecule has 0 aliphatic rings. The summed E-state index contributed by atoms with van der Waals surface area (Å²) in [5, 5.41) is 0.239. The summed E-state index contributed by atoms with van der Waals surface area (Å²) in [7, 11) is 0. The summed E-state index contributed by atoms with van der Waals surface area (Å²) in [6.07, 6.45) is -3.02. The first-order valence-corrected chi connectivity index (χ1v) is 4.85. The SMILES string of the molecule is FC(F)(F)COc1cc(Cl)cnc1I. The predicted molar refractivity (Wildman–Crippen MR) is 53.5 cm³/mol. The largest absolute Gasteiger partial charge is 0.481 e. The molecule has 0 radical (unpaired) electrons. The van der Waals surface area contributed by atoms with Gasteiger partial charge in [0.15, 0.2) is 12.4 Å². The van der Waals surface area contributed by atoms with Crippen molar-refractivity contribution in [2.75, 3.05) is 6.61 Å². The number of hydrogen-bond donors (Lipinski definition) is 0. The van der Waals surface area contributed by atoms with Crippen LogP contribution in [0.5, 0.6) is 5.75 Å². The Morgan fingerprint density at radius 2 is 2.14 bits per heavy atom. The van der Waals surface area contributed by atoms with Crippen molar-refractivity contribution >= 4 is 34.2 Å². The van der Waals surface area contributed by atoms with E-state index in [-0.39, 0.29) is 10.8 Å². The summed E-state index contributed by atoms with van der Waals surface area (Å²) in [6, 6.07) is 1.29. The van der Waals surface area contributed by atoms with Gasteiger partial charge in [0.1, 0.15) is 3.70 Å². The van der Waals surface area contributed by atoms with E-state index in [1.54, 1.807) is 22.6 Å². The number of nitrogens with zero attached hydrogens (tertiary/aromatic N) is 1. The van der Waals surface area contributed by atoms with Crippen LogP contribution in [0.2, 0.25) is 5.02 Å². The number of ether oxygens (including phenoxy) is 1. The zero-order chi connectivity index (χ0) is 10.8. The average molecular weight is 337 g/mol. The third-order valence-corrected chi connectivity index (χ3v) is 2.18. The van der Waals surface area contributed by atoms with Gasteiger partial charge >= 0.3 is 6.18 Å². The fourth-order valence-corrected chi connectivity index (χ4v) is 1.26. The number of alkyl halides is 3. The highest BCUT2D eigenvalue weighted by Gasteiger charge is 2.28. The molecule has 0 spiro atoms. The molecule has 0 N–H and O–H groups in total. The highest BCUT2D eigenvalue weighted by atomic mass is 127. The van der Waals surface area contributed by atoms with E-state index in [9.17, 15) is 13.2 Å². The minimum Gasteiger partial charge on any atom is -0.481 e. The zero-order valence-electron chi connectivity index (χ0n) is 6.61. The van der Waals surface area contributed by atoms with Crippen molar-refractivity contribution in [3.8, 4) is 5.75 Å². The van der Waals surface area contributed by atoms with Gasteiger partial charge in [-0.2, -0.15) is 13.2 Å². The third-order valence-electron chi connectivity index (χ3n) is 1.16. The molecule has 0 aliphatic heterocycles. The molecule has 0 saturated carbocycles. The summed E-state index contributed by atoms with van der Waals surface area (Å²) in [5.74, 6) is 0.0374. The molecule has 1 heterocycles. The summed E-state index contributed by atoms with van der Waals surface area (Å²) >= 11 is 7.31. The molecule has 1 aromatic rings. The summed E-state index contributed by atoms with van der Waals surface area (Å²) in [6.45, 7) is -1.34. The van der Waals surface area contributed by atoms with E-state index >= 15 is 0 Å². The predicted octanol–water partition coefficient (Wildman–Crippen LogP) is 3.28. The van der Waals surface area contributed by atoms with Gasteiger partial charge in [0.05, 0.1) is 5.02 Å². The van der Waals surface area contributed by atoms with Crippen LogP contribution in [0.3, 0.4) is 0 Å². The van der Waals surface area contributed by atoms with Gasteiger partial charge in [0.2, 0.25) is 0 Å². The van der Waals surface area contributed by atoms with Gasteiger partial charge < -0.3 is 4.74 Å². The number of rotatable bonds is 2. The van der Waals surface area contributed by atoms with Crippen molar-refractivity contribution in [3.63, 3.8) is 0 Å². The Morgan fingerprint density at radius 3 is 2.71 bits per heavy atom. The van der Waals surface area contributed by atoms with Crippen LogP contribution < -0.4 is 4.74 Å². The molecule has 0 amide bonds. The third kappa shape index (κ3) is 3.87. The van der Waals surface area contributed by atoms with Crippen LogP contribution in [0.15, 0.2) is 12.3 Å². The highest BCUT2D eigenvalue weighted by molar-refractivity contribution is 14.1. The molecule has 0 bridgehead atoms. The topological polar surface area (TPSA) is 22.1 Å². The highest BCUT2D eigenvalue weighted by Crippen LogP contribution is 2.24. The van der Waals surface area contributed by atoms with Gasteiger partial charge in [-0.3, -0.25) is 0 Å². The number of aromatic nitrogens is 1.